The molecule has 5 heteroatoms. The van der Waals surface area contributed by atoms with Gasteiger partial charge in [-0.25, -0.2) is 4.79 Å². The zero-order valence-corrected chi connectivity index (χ0v) is 11.9. The van der Waals surface area contributed by atoms with Gasteiger partial charge in [-0.2, -0.15) is 0 Å². The van der Waals surface area contributed by atoms with Gasteiger partial charge in [0.25, 0.3) is 0 Å². The quantitative estimate of drug-likeness (QED) is 0.617. The highest BCUT2D eigenvalue weighted by Crippen LogP contribution is 2.25. The molecule has 0 aromatic heterocycles. The van der Waals surface area contributed by atoms with E-state index >= 15 is 0 Å². The number of ether oxygens (including phenoxy) is 2. The molecule has 0 saturated carbocycles. The first-order valence-corrected chi connectivity index (χ1v) is 7.13. The standard InChI is InChI=1S/C15H22N2O3/c1-2-19-15(18)12-6-3-7-13(16)14(12)17-9-8-11-5-4-10-20-11/h3,6-7,11,17H,2,4-5,8-10,16H2,1H3. The molecule has 0 aliphatic carbocycles. The summed E-state index contributed by atoms with van der Waals surface area (Å²) in [6, 6.07) is 5.26. The van der Waals surface area contributed by atoms with Crippen LogP contribution in [0, 0.1) is 0 Å². The molecular weight excluding hydrogens is 256 g/mol. The van der Waals surface area contributed by atoms with Crippen LogP contribution < -0.4 is 11.1 Å². The van der Waals surface area contributed by atoms with Gasteiger partial charge in [0.15, 0.2) is 0 Å². The maximum atomic E-state index is 11.9. The number of hydrogen-bond acceptors (Lipinski definition) is 5. The molecule has 1 unspecified atom stereocenters. The van der Waals surface area contributed by atoms with E-state index in [0.29, 0.717) is 29.6 Å². The molecule has 3 N–H and O–H groups in total. The second-order valence-corrected chi connectivity index (χ2v) is 4.84. The van der Waals surface area contributed by atoms with Crippen LogP contribution in [-0.4, -0.2) is 31.8 Å². The SMILES string of the molecule is CCOC(=O)c1cccc(N)c1NCCC1CCCO1. The molecule has 20 heavy (non-hydrogen) atoms. The van der Waals surface area contributed by atoms with Crippen LogP contribution in [0.2, 0.25) is 0 Å². The lowest BCUT2D eigenvalue weighted by molar-refractivity contribution is 0.0527. The molecular formula is C15H22N2O3. The largest absolute Gasteiger partial charge is 0.462 e. The van der Waals surface area contributed by atoms with Crippen molar-refractivity contribution in [3.8, 4) is 0 Å². The Hall–Kier alpha value is -1.75. The number of carbonyl (C=O) groups is 1. The van der Waals surface area contributed by atoms with Gasteiger partial charge in [0.05, 0.1) is 29.6 Å². The maximum Gasteiger partial charge on any atom is 0.340 e. The van der Waals surface area contributed by atoms with Gasteiger partial charge in [-0.05, 0) is 38.3 Å². The maximum absolute atomic E-state index is 11.9. The van der Waals surface area contributed by atoms with Crippen molar-refractivity contribution >= 4 is 17.3 Å². The molecule has 1 aliphatic heterocycles. The average Bonchev–Trinajstić information content (AvgIpc) is 2.94. The molecule has 0 bridgehead atoms. The summed E-state index contributed by atoms with van der Waals surface area (Å²) in [5.41, 5.74) is 7.65. The number of nitrogens with two attached hydrogens (primary N) is 1. The number of anilines is 2. The molecule has 110 valence electrons. The lowest BCUT2D eigenvalue weighted by Crippen LogP contribution is -2.16. The summed E-state index contributed by atoms with van der Waals surface area (Å²) in [7, 11) is 0. The van der Waals surface area contributed by atoms with E-state index in [1.54, 1.807) is 25.1 Å². The van der Waals surface area contributed by atoms with E-state index in [1.165, 1.54) is 0 Å². The van der Waals surface area contributed by atoms with Crippen molar-refractivity contribution in [2.75, 3.05) is 30.8 Å². The van der Waals surface area contributed by atoms with Crippen molar-refractivity contribution in [1.29, 1.82) is 0 Å². The van der Waals surface area contributed by atoms with Gasteiger partial charge >= 0.3 is 5.97 Å². The molecule has 1 atom stereocenters. The lowest BCUT2D eigenvalue weighted by Gasteiger charge is -2.15. The Morgan fingerprint density at radius 3 is 3.10 bits per heavy atom. The molecule has 1 heterocycles. The van der Waals surface area contributed by atoms with Gasteiger partial charge in [0, 0.05) is 13.2 Å². The Bertz CT molecular complexity index is 456. The van der Waals surface area contributed by atoms with E-state index in [0.717, 1.165) is 32.4 Å². The van der Waals surface area contributed by atoms with Crippen LogP contribution in [0.5, 0.6) is 0 Å². The Labute approximate surface area is 119 Å². The summed E-state index contributed by atoms with van der Waals surface area (Å²) in [5, 5.41) is 3.24. The van der Waals surface area contributed by atoms with Gasteiger partial charge in [0.1, 0.15) is 0 Å². The summed E-state index contributed by atoms with van der Waals surface area (Å²) in [6.07, 6.45) is 3.47. The van der Waals surface area contributed by atoms with Crippen molar-refractivity contribution in [3.63, 3.8) is 0 Å². The van der Waals surface area contributed by atoms with Crippen LogP contribution in [0.3, 0.4) is 0 Å². The van der Waals surface area contributed by atoms with Crippen LogP contribution in [-0.2, 0) is 9.47 Å². The molecule has 1 aromatic rings. The first-order chi connectivity index (χ1) is 9.72. The summed E-state index contributed by atoms with van der Waals surface area (Å²) in [5.74, 6) is -0.348. The van der Waals surface area contributed by atoms with E-state index in [-0.39, 0.29) is 5.97 Å². The van der Waals surface area contributed by atoms with E-state index in [2.05, 4.69) is 5.32 Å². The number of para-hydroxylation sites is 1. The molecule has 1 saturated heterocycles. The minimum absolute atomic E-state index is 0.318. The second kappa shape index (κ2) is 7.14. The van der Waals surface area contributed by atoms with Crippen molar-refractivity contribution in [1.82, 2.24) is 0 Å². The van der Waals surface area contributed by atoms with E-state index in [1.807, 2.05) is 0 Å². The number of hydrogen-bond donors (Lipinski definition) is 2. The summed E-state index contributed by atoms with van der Waals surface area (Å²) < 4.78 is 10.6. The third-order valence-corrected chi connectivity index (χ3v) is 3.38. The molecule has 2 rings (SSSR count). The summed E-state index contributed by atoms with van der Waals surface area (Å²) in [6.45, 7) is 3.72. The highest BCUT2D eigenvalue weighted by atomic mass is 16.5. The third-order valence-electron chi connectivity index (χ3n) is 3.38. The van der Waals surface area contributed by atoms with Gasteiger partial charge in [-0.1, -0.05) is 6.07 Å². The fourth-order valence-corrected chi connectivity index (χ4v) is 2.38. The number of nitrogen functional groups attached to an aromatic ring is 1. The molecule has 5 nitrogen and oxygen atoms in total. The number of esters is 1. The average molecular weight is 278 g/mol. The van der Waals surface area contributed by atoms with Crippen LogP contribution >= 0.6 is 0 Å². The minimum atomic E-state index is -0.348. The Kier molecular flexibility index (Phi) is 5.24. The molecule has 0 spiro atoms. The first kappa shape index (κ1) is 14.7. The molecule has 1 aliphatic rings. The fraction of sp³-hybridized carbons (Fsp3) is 0.533. The zero-order chi connectivity index (χ0) is 14.4. The minimum Gasteiger partial charge on any atom is -0.462 e. The van der Waals surface area contributed by atoms with Crippen LogP contribution in [0.1, 0.15) is 36.5 Å². The molecule has 0 radical (unpaired) electrons. The van der Waals surface area contributed by atoms with Crippen LogP contribution in [0.15, 0.2) is 18.2 Å². The fourth-order valence-electron chi connectivity index (χ4n) is 2.38. The topological polar surface area (TPSA) is 73.6 Å². The van der Waals surface area contributed by atoms with Crippen molar-refractivity contribution in [2.45, 2.75) is 32.3 Å². The van der Waals surface area contributed by atoms with Gasteiger partial charge in [-0.15, -0.1) is 0 Å². The summed E-state index contributed by atoms with van der Waals surface area (Å²) in [4.78, 5) is 11.9. The van der Waals surface area contributed by atoms with E-state index in [9.17, 15) is 4.79 Å². The van der Waals surface area contributed by atoms with Crippen molar-refractivity contribution in [3.05, 3.63) is 23.8 Å². The smallest absolute Gasteiger partial charge is 0.340 e. The third kappa shape index (κ3) is 3.63. The number of nitrogens with one attached hydrogen (secondary N) is 1. The Morgan fingerprint density at radius 2 is 2.40 bits per heavy atom. The van der Waals surface area contributed by atoms with E-state index in [4.69, 9.17) is 15.2 Å². The molecule has 0 amide bonds. The van der Waals surface area contributed by atoms with Gasteiger partial charge < -0.3 is 20.5 Å². The number of rotatable bonds is 6. The number of benzene rings is 1. The number of carbonyl (C=O) groups excluding carboxylic acids is 1. The van der Waals surface area contributed by atoms with Crippen molar-refractivity contribution in [2.24, 2.45) is 0 Å². The summed E-state index contributed by atoms with van der Waals surface area (Å²) >= 11 is 0. The second-order valence-electron chi connectivity index (χ2n) is 4.84. The van der Waals surface area contributed by atoms with Crippen molar-refractivity contribution < 1.29 is 14.3 Å². The predicted molar refractivity (Wildman–Crippen MR) is 78.9 cm³/mol. The van der Waals surface area contributed by atoms with Crippen LogP contribution in [0.25, 0.3) is 0 Å². The zero-order valence-electron chi connectivity index (χ0n) is 11.9. The Balaban J connectivity index is 1.99. The lowest BCUT2D eigenvalue weighted by atomic mass is 10.1. The van der Waals surface area contributed by atoms with Crippen LogP contribution in [0.4, 0.5) is 11.4 Å². The first-order valence-electron chi connectivity index (χ1n) is 7.13. The monoisotopic (exact) mass is 278 g/mol. The highest BCUT2D eigenvalue weighted by molar-refractivity contribution is 5.98. The van der Waals surface area contributed by atoms with Gasteiger partial charge in [0.2, 0.25) is 0 Å². The normalized spacial score (nSPS) is 17.9. The highest BCUT2D eigenvalue weighted by Gasteiger charge is 2.17. The van der Waals surface area contributed by atoms with E-state index < -0.39 is 0 Å². The predicted octanol–water partition coefficient (Wildman–Crippen LogP) is 2.43. The Morgan fingerprint density at radius 1 is 1.55 bits per heavy atom. The molecule has 1 aromatic carbocycles. The van der Waals surface area contributed by atoms with Gasteiger partial charge in [-0.3, -0.25) is 0 Å². The molecule has 1 fully saturated rings.